The molecular weight excluding hydrogens is 771 g/mol. The molecule has 2 aliphatic carbocycles. The molecule has 0 fully saturated rings. The van der Waals surface area contributed by atoms with E-state index in [-0.39, 0.29) is 24.8 Å². The van der Waals surface area contributed by atoms with Crippen LogP contribution in [0.25, 0.3) is 55.7 Å². The number of hydrogen-bond acceptors (Lipinski definition) is 0. The third kappa shape index (κ3) is 5.21. The number of rotatable bonds is 5. The normalized spacial score (nSPS) is 12.3. The van der Waals surface area contributed by atoms with Gasteiger partial charge in [0.05, 0.1) is 0 Å². The first kappa shape index (κ1) is 35.1. The number of halogens is 2. The SMILES string of the molecule is Cc1ccc2c(c1)c1c(n2-c2ccccc2)-c2ccc[c]([Zr]([c]3cccc4c3Cc3c-4n(-c4ccccc4)c4ccc(C)cc34)[SiH](C)C)c2C1.Cl.Cl. The molecular formula is C46H41Cl2N2SiZr. The van der Waals surface area contributed by atoms with Crippen molar-refractivity contribution in [2.45, 2.75) is 39.8 Å². The van der Waals surface area contributed by atoms with Crippen LogP contribution in [0.5, 0.6) is 0 Å². The van der Waals surface area contributed by atoms with Crippen molar-refractivity contribution in [1.29, 1.82) is 0 Å². The second-order valence-electron chi connectivity index (χ2n) is 14.6. The van der Waals surface area contributed by atoms with Crippen LogP contribution in [0.3, 0.4) is 0 Å². The molecule has 0 saturated heterocycles. The molecule has 0 atom stereocenters. The van der Waals surface area contributed by atoms with Crippen LogP contribution in [0.15, 0.2) is 133 Å². The molecule has 0 saturated carbocycles. The van der Waals surface area contributed by atoms with Gasteiger partial charge < -0.3 is 0 Å². The van der Waals surface area contributed by atoms with Crippen molar-refractivity contribution in [2.75, 3.05) is 0 Å². The molecule has 52 heavy (non-hydrogen) atoms. The first-order valence-corrected chi connectivity index (χ1v) is 27.6. The molecule has 0 bridgehead atoms. The van der Waals surface area contributed by atoms with Gasteiger partial charge in [-0.2, -0.15) is 0 Å². The Morgan fingerprint density at radius 2 is 0.904 bits per heavy atom. The van der Waals surface area contributed by atoms with E-state index in [9.17, 15) is 0 Å². The predicted octanol–water partition coefficient (Wildman–Crippen LogP) is 10.7. The molecule has 0 spiro atoms. The second kappa shape index (κ2) is 13.5. The van der Waals surface area contributed by atoms with Gasteiger partial charge in [-0.15, -0.1) is 24.8 Å². The summed E-state index contributed by atoms with van der Waals surface area (Å²) in [4.78, 5) is 0. The minimum Gasteiger partial charge on any atom is -0.147 e. The Hall–Kier alpha value is -3.92. The van der Waals surface area contributed by atoms with Crippen LogP contribution in [-0.2, 0) is 33.8 Å². The Kier molecular flexibility index (Phi) is 9.11. The van der Waals surface area contributed by atoms with E-state index in [1.165, 1.54) is 77.9 Å². The summed E-state index contributed by atoms with van der Waals surface area (Å²) in [6, 6.07) is 50.8. The smallest absolute Gasteiger partial charge is 0.147 e. The first-order valence-electron chi connectivity index (χ1n) is 18.0. The van der Waals surface area contributed by atoms with Gasteiger partial charge in [0.25, 0.3) is 0 Å². The topological polar surface area (TPSA) is 9.86 Å². The van der Waals surface area contributed by atoms with Gasteiger partial charge in [0.1, 0.15) is 0 Å². The fraction of sp³-hybridized carbons (Fsp3) is 0.130. The third-order valence-corrected chi connectivity index (χ3v) is 29.7. The second-order valence-corrected chi connectivity index (χ2v) is 33.5. The Labute approximate surface area is 327 Å². The van der Waals surface area contributed by atoms with Gasteiger partial charge in [0, 0.05) is 0 Å². The van der Waals surface area contributed by atoms with Crippen molar-refractivity contribution >= 4 is 59.1 Å². The van der Waals surface area contributed by atoms with Crippen LogP contribution in [0.2, 0.25) is 13.1 Å². The quantitative estimate of drug-likeness (QED) is 0.153. The maximum Gasteiger partial charge on any atom is -0.147 e. The number of aromatic nitrogens is 2. The van der Waals surface area contributed by atoms with Crippen LogP contribution in [-0.4, -0.2) is 15.1 Å². The molecule has 0 N–H and O–H groups in total. The Bertz CT molecular complexity index is 2480. The van der Waals surface area contributed by atoms with Gasteiger partial charge in [0.15, 0.2) is 0 Å². The maximum atomic E-state index is 2.64. The molecule has 2 heterocycles. The third-order valence-electron chi connectivity index (χ3n) is 11.2. The molecule has 8 aromatic rings. The number of aryl methyl sites for hydroxylation is 2. The fourth-order valence-corrected chi connectivity index (χ4v) is 27.6. The number of benzene rings is 6. The van der Waals surface area contributed by atoms with E-state index in [1.807, 2.05) is 0 Å². The summed E-state index contributed by atoms with van der Waals surface area (Å²) in [5, 5.41) is 2.82. The zero-order valence-corrected chi connectivity index (χ0v) is 35.1. The van der Waals surface area contributed by atoms with Crippen LogP contribution in [0, 0.1) is 13.8 Å². The molecule has 0 amide bonds. The minimum atomic E-state index is -2.34. The Morgan fingerprint density at radius 3 is 1.31 bits per heavy atom. The van der Waals surface area contributed by atoms with Gasteiger partial charge in [-0.1, -0.05) is 0 Å². The molecule has 0 radical (unpaired) electrons. The Morgan fingerprint density at radius 1 is 0.481 bits per heavy atom. The van der Waals surface area contributed by atoms with Gasteiger partial charge >= 0.3 is 305 Å². The van der Waals surface area contributed by atoms with Crippen molar-refractivity contribution in [1.82, 2.24) is 9.13 Å². The van der Waals surface area contributed by atoms with E-state index in [2.05, 4.69) is 170 Å². The number of para-hydroxylation sites is 2. The van der Waals surface area contributed by atoms with Crippen molar-refractivity contribution < 1.29 is 20.9 Å². The summed E-state index contributed by atoms with van der Waals surface area (Å²) in [6.07, 6.45) is 2.06. The van der Waals surface area contributed by atoms with Crippen LogP contribution < -0.4 is 6.54 Å². The van der Waals surface area contributed by atoms with Gasteiger partial charge in [0.2, 0.25) is 0 Å². The molecule has 6 aromatic carbocycles. The maximum absolute atomic E-state index is 2.64. The molecule has 0 aliphatic heterocycles. The number of nitrogens with zero attached hydrogens (tertiary/aromatic N) is 2. The summed E-state index contributed by atoms with van der Waals surface area (Å²) >= 11 is -2.34. The van der Waals surface area contributed by atoms with Gasteiger partial charge in [-0.25, -0.2) is 0 Å². The van der Waals surface area contributed by atoms with Gasteiger partial charge in [-0.05, 0) is 0 Å². The first-order chi connectivity index (χ1) is 24.5. The number of fused-ring (bicyclic) bond motifs is 10. The summed E-state index contributed by atoms with van der Waals surface area (Å²) in [5.74, 6) is -1.04. The van der Waals surface area contributed by atoms with Crippen LogP contribution in [0.1, 0.15) is 33.4 Å². The van der Waals surface area contributed by atoms with Crippen LogP contribution >= 0.6 is 24.8 Å². The average molecular weight is 812 g/mol. The minimum absolute atomic E-state index is 0. The summed E-state index contributed by atoms with van der Waals surface area (Å²) < 4.78 is 8.56. The van der Waals surface area contributed by atoms with Crippen molar-refractivity contribution in [3.05, 3.63) is 167 Å². The summed E-state index contributed by atoms with van der Waals surface area (Å²) in [7, 11) is 0. The van der Waals surface area contributed by atoms with Crippen molar-refractivity contribution in [3.63, 3.8) is 0 Å². The average Bonchev–Trinajstić information content (AvgIpc) is 3.86. The molecule has 0 unspecified atom stereocenters. The largest absolute Gasteiger partial charge is 0.147 e. The molecule has 6 heteroatoms. The fourth-order valence-electron chi connectivity index (χ4n) is 9.18. The molecule has 2 nitrogen and oxygen atoms in total. The standard InChI is InChI=1S/2C22H16N.C2H7Si.2ClH.Zr/c2*1-15-11-12-21-19(13-15)20-14-16-7-5-6-10-18(16)22(20)23(21)17-8-3-2-4-9-17;1-3-2;;;/h2*2-6,8-13H,14H2,1H3;3H,1-2H3;2*1H;. The molecule has 10 rings (SSSR count). The van der Waals surface area contributed by atoms with E-state index in [0.29, 0.717) is 0 Å². The van der Waals surface area contributed by atoms with Gasteiger partial charge in [-0.3, -0.25) is 0 Å². The van der Waals surface area contributed by atoms with E-state index in [0.717, 1.165) is 12.8 Å². The molecule has 2 aliphatic rings. The monoisotopic (exact) mass is 809 g/mol. The predicted molar refractivity (Wildman–Crippen MR) is 225 cm³/mol. The van der Waals surface area contributed by atoms with E-state index in [1.54, 1.807) is 17.7 Å². The van der Waals surface area contributed by atoms with E-state index >= 15 is 0 Å². The zero-order valence-electron chi connectivity index (χ0n) is 29.9. The zero-order chi connectivity index (χ0) is 33.7. The summed E-state index contributed by atoms with van der Waals surface area (Å²) in [5.41, 5.74) is 19.8. The number of hydrogen-bond donors (Lipinski definition) is 0. The summed E-state index contributed by atoms with van der Waals surface area (Å²) in [6.45, 7) is 9.75. The Balaban J connectivity index is 0.00000193. The van der Waals surface area contributed by atoms with E-state index in [4.69, 9.17) is 0 Å². The van der Waals surface area contributed by atoms with E-state index < -0.39 is 26.8 Å². The van der Waals surface area contributed by atoms with Crippen LogP contribution in [0.4, 0.5) is 0 Å². The van der Waals surface area contributed by atoms with Crippen molar-refractivity contribution in [2.24, 2.45) is 0 Å². The molecule has 257 valence electrons. The molecule has 2 aromatic heterocycles. The van der Waals surface area contributed by atoms with Crippen molar-refractivity contribution in [3.8, 4) is 33.9 Å².